The number of anilines is 1. The molecule has 29 heavy (non-hydrogen) atoms. The lowest BCUT2D eigenvalue weighted by molar-refractivity contribution is 0.0542. The van der Waals surface area contributed by atoms with Gasteiger partial charge >= 0.3 is 6.09 Å². The summed E-state index contributed by atoms with van der Waals surface area (Å²) in [6.45, 7) is 6.13. The Hall–Kier alpha value is -3.30. The summed E-state index contributed by atoms with van der Waals surface area (Å²) in [6.07, 6.45) is 1.14. The SMILES string of the molecule is CN(CCO)c1ccc(C#Cc2cc3cccnc3n2C(=O)OC(C)(C)C)cc1. The number of aliphatic hydroxyl groups is 1. The van der Waals surface area contributed by atoms with Gasteiger partial charge in [0.15, 0.2) is 5.65 Å². The first-order chi connectivity index (χ1) is 13.8. The Morgan fingerprint density at radius 1 is 1.21 bits per heavy atom. The molecule has 2 heterocycles. The molecule has 3 aromatic rings. The van der Waals surface area contributed by atoms with Crippen LogP contribution >= 0.6 is 0 Å². The maximum absolute atomic E-state index is 12.8. The molecule has 0 aliphatic carbocycles. The smallest absolute Gasteiger partial charge is 0.421 e. The third kappa shape index (κ3) is 4.95. The van der Waals surface area contributed by atoms with Crippen LogP contribution in [0.5, 0.6) is 0 Å². The zero-order valence-corrected chi connectivity index (χ0v) is 17.1. The number of fused-ring (bicyclic) bond motifs is 1. The molecule has 150 valence electrons. The predicted octanol–water partition coefficient (Wildman–Crippen LogP) is 3.65. The van der Waals surface area contributed by atoms with Gasteiger partial charge in [-0.25, -0.2) is 14.3 Å². The zero-order valence-electron chi connectivity index (χ0n) is 17.1. The molecule has 0 saturated carbocycles. The first-order valence-corrected chi connectivity index (χ1v) is 9.42. The molecule has 0 radical (unpaired) electrons. The van der Waals surface area contributed by atoms with Gasteiger partial charge in [-0.3, -0.25) is 0 Å². The van der Waals surface area contributed by atoms with Crippen molar-refractivity contribution in [3.05, 3.63) is 59.9 Å². The number of aromatic nitrogens is 2. The molecular formula is C23H25N3O3. The maximum Gasteiger partial charge on any atom is 0.421 e. The van der Waals surface area contributed by atoms with E-state index >= 15 is 0 Å². The zero-order chi connectivity index (χ0) is 21.0. The molecule has 0 atom stereocenters. The topological polar surface area (TPSA) is 67.6 Å². The number of carbonyl (C=O) groups excluding carboxylic acids is 1. The third-order valence-electron chi connectivity index (χ3n) is 4.22. The molecule has 1 N–H and O–H groups in total. The number of pyridine rings is 1. The van der Waals surface area contributed by atoms with Crippen LogP contribution in [0.1, 0.15) is 32.0 Å². The second kappa shape index (κ2) is 8.38. The van der Waals surface area contributed by atoms with Crippen molar-refractivity contribution in [1.82, 2.24) is 9.55 Å². The third-order valence-corrected chi connectivity index (χ3v) is 4.22. The molecule has 0 spiro atoms. The fourth-order valence-corrected chi connectivity index (χ4v) is 2.83. The molecule has 0 bridgehead atoms. The minimum Gasteiger partial charge on any atom is -0.443 e. The molecule has 6 nitrogen and oxygen atoms in total. The molecule has 0 unspecified atom stereocenters. The average molecular weight is 391 g/mol. The highest BCUT2D eigenvalue weighted by atomic mass is 16.6. The van der Waals surface area contributed by atoms with Crippen LogP contribution in [0.15, 0.2) is 48.7 Å². The van der Waals surface area contributed by atoms with Crippen LogP contribution in [0.4, 0.5) is 10.5 Å². The highest BCUT2D eigenvalue weighted by Gasteiger charge is 2.22. The van der Waals surface area contributed by atoms with Crippen molar-refractivity contribution in [2.75, 3.05) is 25.1 Å². The van der Waals surface area contributed by atoms with E-state index in [4.69, 9.17) is 9.84 Å². The Morgan fingerprint density at radius 2 is 1.93 bits per heavy atom. The van der Waals surface area contributed by atoms with Gasteiger partial charge < -0.3 is 14.7 Å². The lowest BCUT2D eigenvalue weighted by Crippen LogP contribution is -2.27. The second-order valence-electron chi connectivity index (χ2n) is 7.70. The lowest BCUT2D eigenvalue weighted by atomic mass is 10.2. The Labute approximate surface area is 170 Å². The Bertz CT molecular complexity index is 1070. The van der Waals surface area contributed by atoms with E-state index in [-0.39, 0.29) is 6.61 Å². The van der Waals surface area contributed by atoms with Crippen LogP contribution in [-0.2, 0) is 4.74 Å². The normalized spacial score (nSPS) is 11.1. The van der Waals surface area contributed by atoms with Crippen molar-refractivity contribution < 1.29 is 14.6 Å². The molecule has 0 aliphatic rings. The first-order valence-electron chi connectivity index (χ1n) is 9.42. The van der Waals surface area contributed by atoms with E-state index < -0.39 is 11.7 Å². The van der Waals surface area contributed by atoms with Crippen LogP contribution in [0.25, 0.3) is 11.0 Å². The van der Waals surface area contributed by atoms with Gasteiger partial charge in [0.1, 0.15) is 11.3 Å². The number of aliphatic hydroxyl groups excluding tert-OH is 1. The molecule has 0 fully saturated rings. The van der Waals surface area contributed by atoms with Crippen molar-refractivity contribution >= 4 is 22.8 Å². The summed E-state index contributed by atoms with van der Waals surface area (Å²) in [5.41, 5.74) is 2.24. The van der Waals surface area contributed by atoms with Crippen molar-refractivity contribution in [1.29, 1.82) is 0 Å². The van der Waals surface area contributed by atoms with Gasteiger partial charge in [0.05, 0.1) is 6.61 Å². The standard InChI is InChI=1S/C23H25N3O3/c1-23(2,3)29-22(28)26-20(16-18-6-5-13-24-21(18)26)12-9-17-7-10-19(11-8-17)25(4)14-15-27/h5-8,10-11,13,16,27H,14-15H2,1-4H3. The second-order valence-corrected chi connectivity index (χ2v) is 7.70. The monoisotopic (exact) mass is 391 g/mol. The van der Waals surface area contributed by atoms with E-state index in [1.165, 1.54) is 4.57 Å². The highest BCUT2D eigenvalue weighted by molar-refractivity contribution is 5.89. The number of ether oxygens (including phenoxy) is 1. The summed E-state index contributed by atoms with van der Waals surface area (Å²) < 4.78 is 6.95. The van der Waals surface area contributed by atoms with E-state index in [1.54, 1.807) is 6.20 Å². The summed E-state index contributed by atoms with van der Waals surface area (Å²) in [6, 6.07) is 13.3. The number of rotatable bonds is 3. The number of nitrogens with zero attached hydrogens (tertiary/aromatic N) is 3. The molecule has 0 saturated heterocycles. The van der Waals surface area contributed by atoms with Crippen LogP contribution in [0.2, 0.25) is 0 Å². The summed E-state index contributed by atoms with van der Waals surface area (Å²) >= 11 is 0. The van der Waals surface area contributed by atoms with Gasteiger partial charge in [-0.2, -0.15) is 0 Å². The lowest BCUT2D eigenvalue weighted by Gasteiger charge is -2.20. The minimum atomic E-state index is -0.621. The number of benzene rings is 1. The van der Waals surface area contributed by atoms with Crippen molar-refractivity contribution in [3.8, 4) is 11.8 Å². The summed E-state index contributed by atoms with van der Waals surface area (Å²) in [7, 11) is 1.92. The maximum atomic E-state index is 12.8. The highest BCUT2D eigenvalue weighted by Crippen LogP contribution is 2.20. The van der Waals surface area contributed by atoms with Gasteiger partial charge in [-0.15, -0.1) is 0 Å². The summed E-state index contributed by atoms with van der Waals surface area (Å²) in [5.74, 6) is 6.18. The Morgan fingerprint density at radius 3 is 2.59 bits per heavy atom. The molecular weight excluding hydrogens is 366 g/mol. The van der Waals surface area contributed by atoms with E-state index in [2.05, 4.69) is 16.8 Å². The van der Waals surface area contributed by atoms with Gasteiger partial charge in [-0.1, -0.05) is 5.92 Å². The van der Waals surface area contributed by atoms with Crippen LogP contribution < -0.4 is 4.90 Å². The molecule has 6 heteroatoms. The number of hydrogen-bond donors (Lipinski definition) is 1. The number of carbonyl (C=O) groups is 1. The molecule has 2 aromatic heterocycles. The van der Waals surface area contributed by atoms with Gasteiger partial charge in [0.25, 0.3) is 0 Å². The number of likely N-dealkylation sites (N-methyl/N-ethyl adjacent to an activating group) is 1. The van der Waals surface area contributed by atoms with Crippen molar-refractivity contribution in [2.45, 2.75) is 26.4 Å². The average Bonchev–Trinajstić information content (AvgIpc) is 3.04. The van der Waals surface area contributed by atoms with Gasteiger partial charge in [0.2, 0.25) is 0 Å². The van der Waals surface area contributed by atoms with Crippen molar-refractivity contribution in [2.24, 2.45) is 0 Å². The molecule has 1 aromatic carbocycles. The van der Waals surface area contributed by atoms with Crippen molar-refractivity contribution in [3.63, 3.8) is 0 Å². The quantitative estimate of drug-likeness (QED) is 0.691. The van der Waals surface area contributed by atoms with Gasteiger partial charge in [-0.05, 0) is 69.2 Å². The Balaban J connectivity index is 1.95. The fourth-order valence-electron chi connectivity index (χ4n) is 2.83. The number of hydrogen-bond acceptors (Lipinski definition) is 5. The molecule has 0 amide bonds. The predicted molar refractivity (Wildman–Crippen MR) is 114 cm³/mol. The van der Waals surface area contributed by atoms with Crippen LogP contribution in [0.3, 0.4) is 0 Å². The van der Waals surface area contributed by atoms with E-state index in [9.17, 15) is 4.79 Å². The molecule has 3 rings (SSSR count). The first kappa shape index (κ1) is 20.4. The summed E-state index contributed by atoms with van der Waals surface area (Å²) in [4.78, 5) is 19.0. The minimum absolute atomic E-state index is 0.0985. The van der Waals surface area contributed by atoms with E-state index in [0.29, 0.717) is 17.9 Å². The fraction of sp³-hybridized carbons (Fsp3) is 0.304. The molecule has 0 aliphatic heterocycles. The van der Waals surface area contributed by atoms with Crippen LogP contribution in [0, 0.1) is 11.8 Å². The van der Waals surface area contributed by atoms with E-state index in [0.717, 1.165) is 16.6 Å². The van der Waals surface area contributed by atoms with Gasteiger partial charge in [0, 0.05) is 36.4 Å². The summed E-state index contributed by atoms with van der Waals surface area (Å²) in [5, 5.41) is 9.88. The Kier molecular flexibility index (Phi) is 5.90. The van der Waals surface area contributed by atoms with Crippen LogP contribution in [-0.4, -0.2) is 46.6 Å². The largest absolute Gasteiger partial charge is 0.443 e. The van der Waals surface area contributed by atoms with E-state index in [1.807, 2.05) is 75.2 Å².